The van der Waals surface area contributed by atoms with Crippen molar-refractivity contribution in [3.8, 4) is 5.75 Å². The summed E-state index contributed by atoms with van der Waals surface area (Å²) in [6, 6.07) is 29.6. The number of imide groups is 2. The SMILES string of the molecule is Cc1cc([C@H]2C3=CC[C@@H]4C(=O)N(c5ccc(C(=O)c6ccccc6)cc5)C(=O)[C@@H]4[C@@H]3C[C@H]3C(=O)N(c4ccccc4)C(=O)[C@@]23C)ccc1O. The average molecular weight is 651 g/mol. The van der Waals surface area contributed by atoms with Gasteiger partial charge in [-0.15, -0.1) is 0 Å². The molecule has 4 aliphatic rings. The van der Waals surface area contributed by atoms with E-state index in [0.29, 0.717) is 34.5 Å². The first-order valence-corrected chi connectivity index (χ1v) is 16.6. The Morgan fingerprint density at radius 3 is 2.04 bits per heavy atom. The number of carbonyl (C=O) groups is 5. The van der Waals surface area contributed by atoms with Crippen LogP contribution in [-0.2, 0) is 19.2 Å². The highest BCUT2D eigenvalue weighted by molar-refractivity contribution is 6.25. The first-order chi connectivity index (χ1) is 23.6. The first-order valence-electron chi connectivity index (χ1n) is 16.6. The maximum atomic E-state index is 14.5. The number of hydrogen-bond donors (Lipinski definition) is 1. The smallest absolute Gasteiger partial charge is 0.241 e. The standard InChI is InChI=1S/C41H34N2O6/c1-23-21-26(15-20-33(23)44)35-29-18-19-30-34(31(29)22-32-38(47)43(40(49)41(32,35)2)27-11-7-4-8-12-27)39(48)42(37(30)46)28-16-13-25(14-17-28)36(45)24-9-5-3-6-10-24/h3-18,20-21,30-32,34-35,44H,19,22H2,1-2H3/t30-,31+,32-,34-,35-,41+/m0/s1. The normalized spacial score (nSPS) is 27.5. The maximum absolute atomic E-state index is 14.5. The molecule has 4 amide bonds. The zero-order valence-corrected chi connectivity index (χ0v) is 27.1. The van der Waals surface area contributed by atoms with Gasteiger partial charge in [-0.25, -0.2) is 4.90 Å². The van der Waals surface area contributed by atoms with Gasteiger partial charge in [0.15, 0.2) is 5.78 Å². The van der Waals surface area contributed by atoms with Crippen molar-refractivity contribution in [1.29, 1.82) is 0 Å². The number of anilines is 2. The van der Waals surface area contributed by atoms with Crippen LogP contribution in [-0.4, -0.2) is 34.5 Å². The van der Waals surface area contributed by atoms with Gasteiger partial charge in [-0.2, -0.15) is 0 Å². The molecule has 0 bridgehead atoms. The first kappa shape index (κ1) is 30.7. The molecule has 6 atom stereocenters. The molecule has 8 nitrogen and oxygen atoms in total. The number of benzene rings is 4. The van der Waals surface area contributed by atoms with Gasteiger partial charge in [0.2, 0.25) is 23.6 Å². The molecule has 0 radical (unpaired) electrons. The van der Waals surface area contributed by atoms with Crippen molar-refractivity contribution in [2.24, 2.45) is 29.1 Å². The lowest BCUT2D eigenvalue weighted by Crippen LogP contribution is -2.48. The number of hydrogen-bond acceptors (Lipinski definition) is 6. The zero-order valence-electron chi connectivity index (χ0n) is 27.1. The second-order valence-electron chi connectivity index (χ2n) is 13.8. The molecule has 8 heteroatoms. The van der Waals surface area contributed by atoms with Crippen LogP contribution in [0.5, 0.6) is 5.75 Å². The Morgan fingerprint density at radius 2 is 1.37 bits per heavy atom. The summed E-state index contributed by atoms with van der Waals surface area (Å²) in [5, 5.41) is 10.4. The van der Waals surface area contributed by atoms with Crippen molar-refractivity contribution in [2.75, 3.05) is 9.80 Å². The monoisotopic (exact) mass is 650 g/mol. The lowest BCUT2D eigenvalue weighted by molar-refractivity contribution is -0.131. The Balaban J connectivity index is 1.18. The summed E-state index contributed by atoms with van der Waals surface area (Å²) in [5.74, 6) is -4.36. The number of phenolic OH excluding ortho intramolecular Hbond substituents is 1. The predicted octanol–water partition coefficient (Wildman–Crippen LogP) is 6.37. The molecule has 244 valence electrons. The molecular weight excluding hydrogens is 616 g/mol. The molecule has 49 heavy (non-hydrogen) atoms. The lowest BCUT2D eigenvalue weighted by atomic mass is 9.51. The summed E-state index contributed by atoms with van der Waals surface area (Å²) >= 11 is 0. The number of phenols is 1. The summed E-state index contributed by atoms with van der Waals surface area (Å²) in [5.41, 5.74) is 3.02. The number of aromatic hydroxyl groups is 1. The second-order valence-corrected chi connectivity index (χ2v) is 13.8. The third-order valence-corrected chi connectivity index (χ3v) is 11.3. The fraction of sp³-hybridized carbons (Fsp3) is 0.244. The van der Waals surface area contributed by atoms with E-state index in [0.717, 1.165) is 11.1 Å². The van der Waals surface area contributed by atoms with Crippen LogP contribution in [0.15, 0.2) is 115 Å². The highest BCUT2D eigenvalue weighted by Crippen LogP contribution is 2.63. The lowest BCUT2D eigenvalue weighted by Gasteiger charge is -2.49. The molecule has 4 aromatic rings. The van der Waals surface area contributed by atoms with Crippen LogP contribution in [0.25, 0.3) is 0 Å². The molecular formula is C41H34N2O6. The van der Waals surface area contributed by atoms with Crippen LogP contribution in [0, 0.1) is 36.0 Å². The third-order valence-electron chi connectivity index (χ3n) is 11.3. The molecule has 4 aromatic carbocycles. The average Bonchev–Trinajstić information content (AvgIpc) is 3.49. The van der Waals surface area contributed by atoms with Crippen LogP contribution in [0.1, 0.15) is 52.7 Å². The molecule has 3 fully saturated rings. The Bertz CT molecular complexity index is 2090. The number of aryl methyl sites for hydroxylation is 1. The molecule has 0 spiro atoms. The summed E-state index contributed by atoms with van der Waals surface area (Å²) < 4.78 is 0. The largest absolute Gasteiger partial charge is 0.508 e. The molecule has 0 aromatic heterocycles. The van der Waals surface area contributed by atoms with Gasteiger partial charge in [-0.1, -0.05) is 72.3 Å². The molecule has 8 rings (SSSR count). The van der Waals surface area contributed by atoms with E-state index in [1.807, 2.05) is 31.2 Å². The van der Waals surface area contributed by atoms with Gasteiger partial charge in [0.1, 0.15) is 5.75 Å². The van der Waals surface area contributed by atoms with Crippen LogP contribution in [0.4, 0.5) is 11.4 Å². The van der Waals surface area contributed by atoms with Crippen LogP contribution >= 0.6 is 0 Å². The van der Waals surface area contributed by atoms with E-state index in [9.17, 15) is 29.1 Å². The van der Waals surface area contributed by atoms with Gasteiger partial charge in [-0.3, -0.25) is 28.9 Å². The number of ketones is 1. The Hall–Kier alpha value is -5.63. The van der Waals surface area contributed by atoms with Crippen molar-refractivity contribution in [2.45, 2.75) is 32.6 Å². The van der Waals surface area contributed by atoms with Crippen LogP contribution in [0.2, 0.25) is 0 Å². The molecule has 0 unspecified atom stereocenters. The number of rotatable bonds is 5. The maximum Gasteiger partial charge on any atom is 0.241 e. The second kappa shape index (κ2) is 11.2. The van der Waals surface area contributed by atoms with E-state index >= 15 is 0 Å². The van der Waals surface area contributed by atoms with Gasteiger partial charge in [-0.05, 0) is 86.2 Å². The van der Waals surface area contributed by atoms with E-state index in [4.69, 9.17) is 0 Å². The van der Waals surface area contributed by atoms with Gasteiger partial charge in [0.25, 0.3) is 0 Å². The van der Waals surface area contributed by atoms with E-state index in [-0.39, 0.29) is 41.6 Å². The van der Waals surface area contributed by atoms with Crippen molar-refractivity contribution in [3.05, 3.63) is 137 Å². The number of para-hydroxylation sites is 1. The van der Waals surface area contributed by atoms with E-state index < -0.39 is 35.0 Å². The number of carbonyl (C=O) groups excluding carboxylic acids is 5. The van der Waals surface area contributed by atoms with Crippen molar-refractivity contribution >= 4 is 40.8 Å². The summed E-state index contributed by atoms with van der Waals surface area (Å²) in [7, 11) is 0. The molecule has 2 aliphatic carbocycles. The Labute approximate surface area is 283 Å². The van der Waals surface area contributed by atoms with Gasteiger partial charge >= 0.3 is 0 Å². The summed E-state index contributed by atoms with van der Waals surface area (Å²) in [6.45, 7) is 3.64. The molecule has 1 N–H and O–H groups in total. The van der Waals surface area contributed by atoms with Gasteiger partial charge < -0.3 is 5.11 Å². The number of amides is 4. The summed E-state index contributed by atoms with van der Waals surface area (Å²) in [6.07, 6.45) is 2.59. The topological polar surface area (TPSA) is 112 Å². The number of allylic oxidation sites excluding steroid dienone is 2. The molecule has 2 heterocycles. The van der Waals surface area contributed by atoms with Gasteiger partial charge in [0.05, 0.1) is 34.5 Å². The predicted molar refractivity (Wildman–Crippen MR) is 183 cm³/mol. The minimum Gasteiger partial charge on any atom is -0.508 e. The van der Waals surface area contributed by atoms with E-state index in [1.165, 1.54) is 9.80 Å². The minimum atomic E-state index is -1.15. The van der Waals surface area contributed by atoms with Gasteiger partial charge in [0, 0.05) is 17.0 Å². The highest BCUT2D eigenvalue weighted by atomic mass is 16.3. The number of fused-ring (bicyclic) bond motifs is 4. The van der Waals surface area contributed by atoms with Crippen molar-refractivity contribution in [1.82, 2.24) is 0 Å². The fourth-order valence-corrected chi connectivity index (χ4v) is 8.85. The summed E-state index contributed by atoms with van der Waals surface area (Å²) in [4.78, 5) is 72.7. The fourth-order valence-electron chi connectivity index (χ4n) is 8.85. The number of nitrogens with zero attached hydrogens (tertiary/aromatic N) is 2. The highest BCUT2D eigenvalue weighted by Gasteiger charge is 2.67. The molecule has 1 saturated carbocycles. The van der Waals surface area contributed by atoms with Crippen LogP contribution in [0.3, 0.4) is 0 Å². The Morgan fingerprint density at radius 1 is 0.735 bits per heavy atom. The molecule has 2 aliphatic heterocycles. The molecule has 2 saturated heterocycles. The van der Waals surface area contributed by atoms with Crippen LogP contribution < -0.4 is 9.80 Å². The van der Waals surface area contributed by atoms with Crippen molar-refractivity contribution in [3.63, 3.8) is 0 Å². The van der Waals surface area contributed by atoms with Crippen molar-refractivity contribution < 1.29 is 29.1 Å². The zero-order chi connectivity index (χ0) is 34.2. The van der Waals surface area contributed by atoms with E-state index in [2.05, 4.69) is 0 Å². The quantitative estimate of drug-likeness (QED) is 0.153. The van der Waals surface area contributed by atoms with E-state index in [1.54, 1.807) is 91.9 Å². The minimum absolute atomic E-state index is 0.124. The third kappa shape index (κ3) is 4.46. The Kier molecular flexibility index (Phi) is 7.03.